The zero-order valence-electron chi connectivity index (χ0n) is 9.73. The second-order valence-electron chi connectivity index (χ2n) is 4.49. The van der Waals surface area contributed by atoms with Gasteiger partial charge in [0.05, 0.1) is 12.4 Å². The highest BCUT2D eigenvalue weighted by Gasteiger charge is 2.20. The largest absolute Gasteiger partial charge is 0.467 e. The number of hydrogen-bond donors (Lipinski definition) is 1. The monoisotopic (exact) mass is 223 g/mol. The second-order valence-corrected chi connectivity index (χ2v) is 4.49. The van der Waals surface area contributed by atoms with Gasteiger partial charge in [0.2, 0.25) is 0 Å². The molecule has 0 aromatic carbocycles. The van der Waals surface area contributed by atoms with Crippen LogP contribution in [-0.2, 0) is 4.74 Å². The van der Waals surface area contributed by atoms with Gasteiger partial charge in [0, 0.05) is 6.54 Å². The highest BCUT2D eigenvalue weighted by molar-refractivity contribution is 5.02. The van der Waals surface area contributed by atoms with Crippen LogP contribution in [-0.4, -0.2) is 12.6 Å². The minimum atomic E-state index is -0.0712. The summed E-state index contributed by atoms with van der Waals surface area (Å²) in [6.07, 6.45) is 9.53. The first kappa shape index (κ1) is 11.7. The predicted octanol–water partition coefficient (Wildman–Crippen LogP) is 3.02. The molecule has 3 nitrogen and oxygen atoms in total. The van der Waals surface area contributed by atoms with Gasteiger partial charge in [-0.1, -0.05) is 25.7 Å². The third-order valence-corrected chi connectivity index (χ3v) is 3.23. The third-order valence-electron chi connectivity index (χ3n) is 3.23. The van der Waals surface area contributed by atoms with Crippen LogP contribution in [0.3, 0.4) is 0 Å². The van der Waals surface area contributed by atoms with E-state index in [0.29, 0.717) is 12.6 Å². The zero-order chi connectivity index (χ0) is 11.2. The quantitative estimate of drug-likeness (QED) is 0.798. The Morgan fingerprint density at radius 3 is 2.62 bits per heavy atom. The summed E-state index contributed by atoms with van der Waals surface area (Å²) in [5, 5.41) is 0. The molecular formula is C13H21NO2. The maximum absolute atomic E-state index is 6.05. The van der Waals surface area contributed by atoms with Gasteiger partial charge in [-0.3, -0.25) is 0 Å². The molecule has 0 spiro atoms. The molecule has 1 aromatic heterocycles. The molecule has 1 fully saturated rings. The summed E-state index contributed by atoms with van der Waals surface area (Å²) in [5.74, 6) is 0.853. The summed E-state index contributed by atoms with van der Waals surface area (Å²) in [6, 6.07) is 3.82. The van der Waals surface area contributed by atoms with Crippen molar-refractivity contribution in [2.45, 2.75) is 50.7 Å². The van der Waals surface area contributed by atoms with E-state index < -0.39 is 0 Å². The van der Waals surface area contributed by atoms with Crippen molar-refractivity contribution in [2.24, 2.45) is 5.73 Å². The van der Waals surface area contributed by atoms with Gasteiger partial charge < -0.3 is 14.9 Å². The average Bonchev–Trinajstić information content (AvgIpc) is 2.71. The fourth-order valence-corrected chi connectivity index (χ4v) is 2.32. The van der Waals surface area contributed by atoms with E-state index in [0.717, 1.165) is 18.6 Å². The Balaban J connectivity index is 1.90. The Morgan fingerprint density at radius 1 is 1.31 bits per heavy atom. The summed E-state index contributed by atoms with van der Waals surface area (Å²) in [5.41, 5.74) is 5.74. The molecule has 0 saturated heterocycles. The van der Waals surface area contributed by atoms with Gasteiger partial charge in [0.1, 0.15) is 11.9 Å². The van der Waals surface area contributed by atoms with Crippen molar-refractivity contribution in [3.63, 3.8) is 0 Å². The lowest BCUT2D eigenvalue weighted by Gasteiger charge is -2.21. The van der Waals surface area contributed by atoms with Gasteiger partial charge in [-0.2, -0.15) is 0 Å². The van der Waals surface area contributed by atoms with Crippen LogP contribution in [0.15, 0.2) is 22.8 Å². The molecule has 0 aliphatic heterocycles. The van der Waals surface area contributed by atoms with Gasteiger partial charge in [-0.05, 0) is 25.0 Å². The van der Waals surface area contributed by atoms with Gasteiger partial charge >= 0.3 is 0 Å². The fourth-order valence-electron chi connectivity index (χ4n) is 2.32. The maximum atomic E-state index is 6.05. The number of rotatable bonds is 4. The van der Waals surface area contributed by atoms with Gasteiger partial charge in [0.25, 0.3) is 0 Å². The lowest BCUT2D eigenvalue weighted by Crippen LogP contribution is -2.22. The lowest BCUT2D eigenvalue weighted by atomic mass is 10.1. The number of furan rings is 1. The van der Waals surface area contributed by atoms with E-state index in [1.807, 2.05) is 12.1 Å². The molecule has 90 valence electrons. The molecule has 1 aromatic rings. The number of nitrogens with two attached hydrogens (primary N) is 1. The highest BCUT2D eigenvalue weighted by Crippen LogP contribution is 2.26. The maximum Gasteiger partial charge on any atom is 0.133 e. The summed E-state index contributed by atoms with van der Waals surface area (Å²) < 4.78 is 11.4. The molecular weight excluding hydrogens is 202 g/mol. The molecule has 2 N–H and O–H groups in total. The summed E-state index contributed by atoms with van der Waals surface area (Å²) in [4.78, 5) is 0. The Morgan fingerprint density at radius 2 is 2.06 bits per heavy atom. The van der Waals surface area contributed by atoms with Crippen molar-refractivity contribution >= 4 is 0 Å². The molecule has 1 aliphatic carbocycles. The standard InChI is InChI=1S/C13H21NO2/c14-10-13(12-8-5-9-15-12)16-11-6-3-1-2-4-7-11/h5,8-9,11,13H,1-4,6-7,10,14H2. The molecule has 16 heavy (non-hydrogen) atoms. The van der Waals surface area contributed by atoms with Gasteiger partial charge in [-0.25, -0.2) is 0 Å². The van der Waals surface area contributed by atoms with Crippen LogP contribution in [0.5, 0.6) is 0 Å². The average molecular weight is 223 g/mol. The summed E-state index contributed by atoms with van der Waals surface area (Å²) in [6.45, 7) is 0.490. The van der Waals surface area contributed by atoms with Crippen molar-refractivity contribution in [3.05, 3.63) is 24.2 Å². The van der Waals surface area contributed by atoms with Crippen LogP contribution in [0.25, 0.3) is 0 Å². The van der Waals surface area contributed by atoms with Crippen molar-refractivity contribution in [1.82, 2.24) is 0 Å². The van der Waals surface area contributed by atoms with Gasteiger partial charge in [0.15, 0.2) is 0 Å². The smallest absolute Gasteiger partial charge is 0.133 e. The Hall–Kier alpha value is -0.800. The predicted molar refractivity (Wildman–Crippen MR) is 63.1 cm³/mol. The first-order valence-electron chi connectivity index (χ1n) is 6.29. The molecule has 0 bridgehead atoms. The van der Waals surface area contributed by atoms with Crippen LogP contribution in [0.2, 0.25) is 0 Å². The van der Waals surface area contributed by atoms with Crippen LogP contribution < -0.4 is 5.73 Å². The van der Waals surface area contributed by atoms with Gasteiger partial charge in [-0.15, -0.1) is 0 Å². The first-order chi connectivity index (χ1) is 7.90. The Kier molecular flexibility index (Phi) is 4.43. The van der Waals surface area contributed by atoms with Crippen LogP contribution in [0.4, 0.5) is 0 Å². The molecule has 1 unspecified atom stereocenters. The number of hydrogen-bond acceptors (Lipinski definition) is 3. The number of ether oxygens (including phenoxy) is 1. The minimum absolute atomic E-state index is 0.0712. The highest BCUT2D eigenvalue weighted by atomic mass is 16.5. The fraction of sp³-hybridized carbons (Fsp3) is 0.692. The third kappa shape index (κ3) is 3.09. The van der Waals surface area contributed by atoms with E-state index in [-0.39, 0.29) is 6.10 Å². The molecule has 1 saturated carbocycles. The van der Waals surface area contributed by atoms with E-state index in [4.69, 9.17) is 14.9 Å². The lowest BCUT2D eigenvalue weighted by molar-refractivity contribution is -0.0260. The molecule has 0 radical (unpaired) electrons. The van der Waals surface area contributed by atoms with E-state index >= 15 is 0 Å². The molecule has 3 heteroatoms. The second kappa shape index (κ2) is 6.06. The summed E-state index contributed by atoms with van der Waals surface area (Å²) in [7, 11) is 0. The van der Waals surface area contributed by atoms with E-state index in [1.165, 1.54) is 25.7 Å². The minimum Gasteiger partial charge on any atom is -0.467 e. The molecule has 1 atom stereocenters. The van der Waals surface area contributed by atoms with Crippen LogP contribution in [0.1, 0.15) is 50.4 Å². The zero-order valence-corrected chi connectivity index (χ0v) is 9.73. The molecule has 1 aliphatic rings. The molecule has 2 rings (SSSR count). The topological polar surface area (TPSA) is 48.4 Å². The SMILES string of the molecule is NCC(OC1CCCCCC1)c1ccco1. The Labute approximate surface area is 97.0 Å². The molecule has 0 amide bonds. The van der Waals surface area contributed by atoms with Crippen LogP contribution >= 0.6 is 0 Å². The van der Waals surface area contributed by atoms with Crippen molar-refractivity contribution in [1.29, 1.82) is 0 Å². The molecule has 1 heterocycles. The van der Waals surface area contributed by atoms with E-state index in [9.17, 15) is 0 Å². The normalized spacial score (nSPS) is 20.6. The van der Waals surface area contributed by atoms with E-state index in [2.05, 4.69) is 0 Å². The Bertz CT molecular complexity index is 276. The first-order valence-corrected chi connectivity index (χ1v) is 6.29. The van der Waals surface area contributed by atoms with Crippen molar-refractivity contribution in [2.75, 3.05) is 6.54 Å². The van der Waals surface area contributed by atoms with E-state index in [1.54, 1.807) is 6.26 Å². The van der Waals surface area contributed by atoms with Crippen molar-refractivity contribution < 1.29 is 9.15 Å². The summed E-state index contributed by atoms with van der Waals surface area (Å²) >= 11 is 0. The van der Waals surface area contributed by atoms with Crippen molar-refractivity contribution in [3.8, 4) is 0 Å². The van der Waals surface area contributed by atoms with Crippen LogP contribution in [0, 0.1) is 0 Å².